The van der Waals surface area contributed by atoms with Crippen molar-refractivity contribution < 1.29 is 22.8 Å². The molecule has 17 heavy (non-hydrogen) atoms. The van der Waals surface area contributed by atoms with Gasteiger partial charge in [0.15, 0.2) is 18.0 Å². The fourth-order valence-corrected chi connectivity index (χ4v) is 1.48. The fraction of sp³-hybridized carbons (Fsp3) is 0.250. The molecule has 0 aliphatic rings. The number of hydrogen-bond donors (Lipinski definition) is 1. The summed E-state index contributed by atoms with van der Waals surface area (Å²) in [4.78, 5) is 9.72. The number of rotatable bonds is 3. The van der Waals surface area contributed by atoms with E-state index in [9.17, 15) is 23.3 Å². The van der Waals surface area contributed by atoms with Gasteiger partial charge < -0.3 is 10.5 Å². The lowest BCUT2D eigenvalue weighted by Crippen LogP contribution is -2.20. The Labute approximate surface area is 102 Å². The van der Waals surface area contributed by atoms with Crippen LogP contribution in [0, 0.1) is 10.1 Å². The normalized spacial score (nSPS) is 11.3. The maximum atomic E-state index is 11.9. The van der Waals surface area contributed by atoms with Crippen molar-refractivity contribution in [2.75, 3.05) is 12.3 Å². The molecule has 1 aromatic rings. The minimum absolute atomic E-state index is 0.116. The van der Waals surface area contributed by atoms with Crippen LogP contribution in [0.4, 0.5) is 24.5 Å². The third kappa shape index (κ3) is 3.48. The van der Waals surface area contributed by atoms with Gasteiger partial charge in [-0.3, -0.25) is 10.1 Å². The third-order valence-corrected chi connectivity index (χ3v) is 2.33. The summed E-state index contributed by atoms with van der Waals surface area (Å²) < 4.78 is 40.4. The highest BCUT2D eigenvalue weighted by molar-refractivity contribution is 9.10. The van der Waals surface area contributed by atoms with Gasteiger partial charge in [0.2, 0.25) is 0 Å². The van der Waals surface area contributed by atoms with Crippen molar-refractivity contribution in [3.63, 3.8) is 0 Å². The second kappa shape index (κ2) is 4.78. The molecule has 0 saturated carbocycles. The molecule has 0 bridgehead atoms. The molecule has 0 saturated heterocycles. The van der Waals surface area contributed by atoms with Crippen LogP contribution in [0.2, 0.25) is 0 Å². The van der Waals surface area contributed by atoms with Crippen LogP contribution in [0.1, 0.15) is 0 Å². The molecule has 0 unspecified atom stereocenters. The Bertz CT molecular complexity index is 450. The van der Waals surface area contributed by atoms with Gasteiger partial charge in [-0.05, 0) is 22.0 Å². The van der Waals surface area contributed by atoms with Crippen LogP contribution in [-0.2, 0) is 0 Å². The predicted molar refractivity (Wildman–Crippen MR) is 56.8 cm³/mol. The van der Waals surface area contributed by atoms with Crippen molar-refractivity contribution >= 4 is 27.3 Å². The number of benzene rings is 1. The second-order valence-corrected chi connectivity index (χ2v) is 3.82. The standard InChI is InChI=1S/C8H6BrF3N2O3/c9-4-1-2-5(14(15)16)6(13)7(4)17-3-8(10,11)12/h1-2H,3,13H2. The smallest absolute Gasteiger partial charge is 0.422 e. The number of alkyl halides is 3. The van der Waals surface area contributed by atoms with E-state index in [0.717, 1.165) is 6.07 Å². The lowest BCUT2D eigenvalue weighted by atomic mass is 10.2. The molecule has 5 nitrogen and oxygen atoms in total. The zero-order valence-electron chi connectivity index (χ0n) is 8.12. The average molecular weight is 315 g/mol. The summed E-state index contributed by atoms with van der Waals surface area (Å²) >= 11 is 2.90. The van der Waals surface area contributed by atoms with Gasteiger partial charge in [0.05, 0.1) is 9.40 Å². The number of hydrogen-bond acceptors (Lipinski definition) is 4. The summed E-state index contributed by atoms with van der Waals surface area (Å²) in [5.41, 5.74) is 4.39. The van der Waals surface area contributed by atoms with E-state index in [1.165, 1.54) is 6.07 Å². The minimum atomic E-state index is -4.55. The Morgan fingerprint density at radius 3 is 2.53 bits per heavy atom. The van der Waals surface area contributed by atoms with Gasteiger partial charge in [0, 0.05) is 6.07 Å². The molecule has 0 heterocycles. The molecule has 0 amide bonds. The van der Waals surface area contributed by atoms with Crippen LogP contribution in [0.15, 0.2) is 16.6 Å². The van der Waals surface area contributed by atoms with Crippen molar-refractivity contribution in [3.05, 3.63) is 26.7 Å². The van der Waals surface area contributed by atoms with Gasteiger partial charge >= 0.3 is 6.18 Å². The van der Waals surface area contributed by atoms with E-state index in [0.29, 0.717) is 0 Å². The Balaban J connectivity index is 3.06. The van der Waals surface area contributed by atoms with E-state index in [1.807, 2.05) is 0 Å². The van der Waals surface area contributed by atoms with Gasteiger partial charge in [-0.25, -0.2) is 0 Å². The van der Waals surface area contributed by atoms with Crippen molar-refractivity contribution in [2.45, 2.75) is 6.18 Å². The van der Waals surface area contributed by atoms with E-state index in [-0.39, 0.29) is 4.47 Å². The Hall–Kier alpha value is -1.51. The maximum Gasteiger partial charge on any atom is 0.422 e. The molecule has 94 valence electrons. The minimum Gasteiger partial charge on any atom is -0.480 e. The first-order valence-corrected chi connectivity index (χ1v) is 4.93. The number of nitrogens with zero attached hydrogens (tertiary/aromatic N) is 1. The Kier molecular flexibility index (Phi) is 3.81. The molecule has 0 aromatic heterocycles. The largest absolute Gasteiger partial charge is 0.480 e. The summed E-state index contributed by atoms with van der Waals surface area (Å²) in [5.74, 6) is -0.392. The molecule has 9 heteroatoms. The zero-order valence-corrected chi connectivity index (χ0v) is 9.71. The third-order valence-electron chi connectivity index (χ3n) is 1.70. The zero-order chi connectivity index (χ0) is 13.2. The molecular formula is C8H6BrF3N2O3. The summed E-state index contributed by atoms with van der Waals surface area (Å²) in [7, 11) is 0. The second-order valence-electron chi connectivity index (χ2n) is 2.97. The number of nitrogen functional groups attached to an aromatic ring is 1. The van der Waals surface area contributed by atoms with Crippen LogP contribution in [0.3, 0.4) is 0 Å². The Morgan fingerprint density at radius 1 is 1.47 bits per heavy atom. The van der Waals surface area contributed by atoms with Gasteiger partial charge in [0.1, 0.15) is 0 Å². The number of anilines is 1. The van der Waals surface area contributed by atoms with Gasteiger partial charge in [0.25, 0.3) is 5.69 Å². The van der Waals surface area contributed by atoms with Gasteiger partial charge in [-0.1, -0.05) is 0 Å². The molecular weight excluding hydrogens is 309 g/mol. The fourth-order valence-electron chi connectivity index (χ4n) is 1.02. The highest BCUT2D eigenvalue weighted by atomic mass is 79.9. The van der Waals surface area contributed by atoms with Gasteiger partial charge in [-0.15, -0.1) is 0 Å². The SMILES string of the molecule is Nc1c([N+](=O)[O-])ccc(Br)c1OCC(F)(F)F. The first kappa shape index (κ1) is 13.6. The van der Waals surface area contributed by atoms with E-state index >= 15 is 0 Å². The van der Waals surface area contributed by atoms with Crippen LogP contribution in [-0.4, -0.2) is 17.7 Å². The summed E-state index contributed by atoms with van der Waals surface area (Å²) in [6.45, 7) is -1.57. The average Bonchev–Trinajstić information content (AvgIpc) is 2.14. The number of nitrogens with two attached hydrogens (primary N) is 1. The van der Waals surface area contributed by atoms with Crippen molar-refractivity contribution in [1.82, 2.24) is 0 Å². The number of nitro benzene ring substituents is 1. The topological polar surface area (TPSA) is 78.4 Å². The molecule has 0 aliphatic carbocycles. The summed E-state index contributed by atoms with van der Waals surface area (Å²) in [6, 6.07) is 2.26. The van der Waals surface area contributed by atoms with Crippen LogP contribution in [0.5, 0.6) is 5.75 Å². The van der Waals surface area contributed by atoms with Crippen LogP contribution >= 0.6 is 15.9 Å². The summed E-state index contributed by atoms with van der Waals surface area (Å²) in [5, 5.41) is 10.5. The molecule has 0 aliphatic heterocycles. The van der Waals surface area contributed by atoms with Crippen molar-refractivity contribution in [3.8, 4) is 5.75 Å². The predicted octanol–water partition coefficient (Wildman–Crippen LogP) is 2.88. The molecule has 0 fully saturated rings. The van der Waals surface area contributed by atoms with Crippen molar-refractivity contribution in [2.24, 2.45) is 0 Å². The molecule has 1 aromatic carbocycles. The number of halogens is 4. The van der Waals surface area contributed by atoms with Crippen LogP contribution in [0.25, 0.3) is 0 Å². The molecule has 2 N–H and O–H groups in total. The Morgan fingerprint density at radius 2 is 2.06 bits per heavy atom. The lowest BCUT2D eigenvalue weighted by molar-refractivity contribution is -0.384. The first-order valence-electron chi connectivity index (χ1n) is 4.14. The summed E-state index contributed by atoms with van der Waals surface area (Å²) in [6.07, 6.45) is -4.55. The number of nitro groups is 1. The molecule has 1 rings (SSSR count). The lowest BCUT2D eigenvalue weighted by Gasteiger charge is -2.12. The maximum absolute atomic E-state index is 11.9. The molecule has 0 atom stereocenters. The van der Waals surface area contributed by atoms with Crippen molar-refractivity contribution in [1.29, 1.82) is 0 Å². The van der Waals surface area contributed by atoms with E-state index in [4.69, 9.17) is 5.73 Å². The quantitative estimate of drug-likeness (QED) is 0.528. The monoisotopic (exact) mass is 314 g/mol. The first-order chi connectivity index (χ1) is 7.72. The number of ether oxygens (including phenoxy) is 1. The van der Waals surface area contributed by atoms with E-state index in [2.05, 4.69) is 20.7 Å². The van der Waals surface area contributed by atoms with E-state index < -0.39 is 34.8 Å². The van der Waals surface area contributed by atoms with Gasteiger partial charge in [-0.2, -0.15) is 13.2 Å². The van der Waals surface area contributed by atoms with E-state index in [1.54, 1.807) is 0 Å². The highest BCUT2D eigenvalue weighted by Gasteiger charge is 2.30. The highest BCUT2D eigenvalue weighted by Crippen LogP contribution is 2.38. The molecule has 0 radical (unpaired) electrons. The molecule has 0 spiro atoms. The van der Waals surface area contributed by atoms with Crippen LogP contribution < -0.4 is 10.5 Å².